The Hall–Kier alpha value is -4.17. The molecule has 4 rings (SSSR count). The van der Waals surface area contributed by atoms with E-state index in [0.717, 1.165) is 22.3 Å². The van der Waals surface area contributed by atoms with Gasteiger partial charge in [0.15, 0.2) is 0 Å². The zero-order valence-corrected chi connectivity index (χ0v) is 22.5. The summed E-state index contributed by atoms with van der Waals surface area (Å²) in [5, 5.41) is 5.46. The van der Waals surface area contributed by atoms with Crippen LogP contribution in [0.3, 0.4) is 0 Å². The maximum Gasteiger partial charge on any atom is 0.407 e. The quantitative estimate of drug-likeness (QED) is 0.341. The summed E-state index contributed by atoms with van der Waals surface area (Å²) in [7, 11) is 0. The predicted molar refractivity (Wildman–Crippen MR) is 149 cm³/mol. The van der Waals surface area contributed by atoms with Gasteiger partial charge in [-0.05, 0) is 60.6 Å². The topological polar surface area (TPSA) is 120 Å². The van der Waals surface area contributed by atoms with Crippen LogP contribution in [0.1, 0.15) is 48.9 Å². The fraction of sp³-hybridized carbons (Fsp3) is 0.323. The van der Waals surface area contributed by atoms with Gasteiger partial charge in [0.1, 0.15) is 12.1 Å². The number of alkyl carbamates (subject to hydrolysis) is 1. The van der Waals surface area contributed by atoms with Gasteiger partial charge in [0.05, 0.1) is 12.6 Å². The maximum atomic E-state index is 12.6. The Morgan fingerprint density at radius 3 is 2.15 bits per heavy atom. The molecular weight excluding hydrogens is 494 g/mol. The standard InChI is InChI=1S/C31H35N3O5/c1-4-38-29(36)31(2,3)34-28(35)27(32)17-20-10-9-11-21(16-20)18-33-30(37)39-19-26-24-14-7-5-12-22(24)23-13-6-8-15-25(23)26/h5-16,26-27H,4,17-19,32H2,1-3H3,(H,33,37)(H,34,35)/t27-/m0/s1. The average molecular weight is 530 g/mol. The minimum Gasteiger partial charge on any atom is -0.464 e. The third-order valence-corrected chi connectivity index (χ3v) is 6.79. The summed E-state index contributed by atoms with van der Waals surface area (Å²) in [5.74, 6) is -0.977. The van der Waals surface area contributed by atoms with Gasteiger partial charge in [-0.25, -0.2) is 9.59 Å². The van der Waals surface area contributed by atoms with Crippen molar-refractivity contribution in [2.45, 2.75) is 51.2 Å². The average Bonchev–Trinajstić information content (AvgIpc) is 3.24. The molecule has 0 aromatic heterocycles. The molecule has 0 spiro atoms. The van der Waals surface area contributed by atoms with Gasteiger partial charge in [0, 0.05) is 12.5 Å². The first kappa shape index (κ1) is 27.9. The van der Waals surface area contributed by atoms with Crippen molar-refractivity contribution in [1.29, 1.82) is 0 Å². The largest absolute Gasteiger partial charge is 0.464 e. The van der Waals surface area contributed by atoms with E-state index >= 15 is 0 Å². The fourth-order valence-corrected chi connectivity index (χ4v) is 4.80. The Balaban J connectivity index is 1.29. The van der Waals surface area contributed by atoms with Crippen LogP contribution >= 0.6 is 0 Å². The van der Waals surface area contributed by atoms with Crippen LogP contribution in [0.4, 0.5) is 4.79 Å². The van der Waals surface area contributed by atoms with Gasteiger partial charge in [-0.1, -0.05) is 72.8 Å². The predicted octanol–water partition coefficient (Wildman–Crippen LogP) is 4.05. The molecule has 4 N–H and O–H groups in total. The van der Waals surface area contributed by atoms with E-state index in [1.165, 1.54) is 11.1 Å². The zero-order valence-electron chi connectivity index (χ0n) is 22.5. The van der Waals surface area contributed by atoms with E-state index in [-0.39, 0.29) is 32.1 Å². The van der Waals surface area contributed by atoms with E-state index in [0.29, 0.717) is 0 Å². The van der Waals surface area contributed by atoms with Crippen molar-refractivity contribution >= 4 is 18.0 Å². The smallest absolute Gasteiger partial charge is 0.407 e. The first-order valence-corrected chi connectivity index (χ1v) is 13.1. The number of nitrogens with one attached hydrogen (secondary N) is 2. The summed E-state index contributed by atoms with van der Waals surface area (Å²) in [4.78, 5) is 37.2. The maximum absolute atomic E-state index is 12.6. The number of hydrogen-bond donors (Lipinski definition) is 3. The summed E-state index contributed by atoms with van der Waals surface area (Å²) in [6.45, 7) is 5.59. The highest BCUT2D eigenvalue weighted by atomic mass is 16.5. The first-order chi connectivity index (χ1) is 18.7. The molecule has 39 heavy (non-hydrogen) atoms. The molecule has 0 aliphatic heterocycles. The molecule has 3 aromatic carbocycles. The molecule has 0 heterocycles. The van der Waals surface area contributed by atoms with Crippen molar-refractivity contribution in [2.24, 2.45) is 5.73 Å². The Labute approximate surface area is 228 Å². The highest BCUT2D eigenvalue weighted by Crippen LogP contribution is 2.44. The second-order valence-corrected chi connectivity index (χ2v) is 10.1. The molecule has 0 saturated heterocycles. The second kappa shape index (κ2) is 12.1. The van der Waals surface area contributed by atoms with Crippen LogP contribution in [0.5, 0.6) is 0 Å². The molecule has 8 heteroatoms. The number of rotatable bonds is 10. The van der Waals surface area contributed by atoms with Gasteiger partial charge in [-0.3, -0.25) is 4.79 Å². The third kappa shape index (κ3) is 6.64. The molecule has 0 radical (unpaired) electrons. The lowest BCUT2D eigenvalue weighted by Gasteiger charge is -2.25. The lowest BCUT2D eigenvalue weighted by atomic mass is 9.98. The van der Waals surface area contributed by atoms with Crippen molar-refractivity contribution in [3.05, 3.63) is 95.1 Å². The molecule has 204 valence electrons. The summed E-state index contributed by atoms with van der Waals surface area (Å²) in [6.07, 6.45) is -0.233. The van der Waals surface area contributed by atoms with Gasteiger partial charge in [-0.15, -0.1) is 0 Å². The molecular formula is C31H35N3O5. The minimum atomic E-state index is -1.18. The lowest BCUT2D eigenvalue weighted by Crippen LogP contribution is -2.55. The van der Waals surface area contributed by atoms with Crippen molar-refractivity contribution in [3.8, 4) is 11.1 Å². The number of carbonyl (C=O) groups is 3. The van der Waals surface area contributed by atoms with Gasteiger partial charge in [0.2, 0.25) is 5.91 Å². The molecule has 1 aliphatic rings. The van der Waals surface area contributed by atoms with E-state index in [9.17, 15) is 14.4 Å². The van der Waals surface area contributed by atoms with Crippen LogP contribution in [0.25, 0.3) is 11.1 Å². The van der Waals surface area contributed by atoms with Gasteiger partial charge < -0.3 is 25.8 Å². The first-order valence-electron chi connectivity index (χ1n) is 13.1. The SMILES string of the molecule is CCOC(=O)C(C)(C)NC(=O)[C@@H](N)Cc1cccc(CNC(=O)OCC2c3ccccc3-c3ccccc32)c1. The van der Waals surface area contributed by atoms with Crippen LogP contribution in [0.2, 0.25) is 0 Å². The molecule has 1 atom stereocenters. The highest BCUT2D eigenvalue weighted by Gasteiger charge is 2.32. The van der Waals surface area contributed by atoms with Crippen LogP contribution in [0.15, 0.2) is 72.8 Å². The van der Waals surface area contributed by atoms with E-state index in [2.05, 4.69) is 34.9 Å². The summed E-state index contributed by atoms with van der Waals surface area (Å²) >= 11 is 0. The minimum absolute atomic E-state index is 0.00656. The van der Waals surface area contributed by atoms with Crippen LogP contribution in [0, 0.1) is 0 Å². The molecule has 1 aliphatic carbocycles. The number of esters is 1. The normalized spacial score (nSPS) is 13.1. The van der Waals surface area contributed by atoms with Crippen LogP contribution < -0.4 is 16.4 Å². The second-order valence-electron chi connectivity index (χ2n) is 10.1. The van der Waals surface area contributed by atoms with Gasteiger partial charge in [-0.2, -0.15) is 0 Å². The fourth-order valence-electron chi connectivity index (χ4n) is 4.80. The zero-order chi connectivity index (χ0) is 28.0. The molecule has 0 saturated carbocycles. The number of fused-ring (bicyclic) bond motifs is 3. The third-order valence-electron chi connectivity index (χ3n) is 6.79. The molecule has 8 nitrogen and oxygen atoms in total. The van der Waals surface area contributed by atoms with E-state index in [1.807, 2.05) is 48.5 Å². The molecule has 0 fully saturated rings. The number of nitrogens with two attached hydrogens (primary N) is 1. The monoisotopic (exact) mass is 529 g/mol. The Morgan fingerprint density at radius 2 is 1.51 bits per heavy atom. The van der Waals surface area contributed by atoms with Crippen molar-refractivity contribution in [2.75, 3.05) is 13.2 Å². The Kier molecular flexibility index (Phi) is 8.66. The van der Waals surface area contributed by atoms with Crippen molar-refractivity contribution in [3.63, 3.8) is 0 Å². The summed E-state index contributed by atoms with van der Waals surface area (Å²) < 4.78 is 10.6. The van der Waals surface area contributed by atoms with Crippen LogP contribution in [-0.2, 0) is 32.0 Å². The highest BCUT2D eigenvalue weighted by molar-refractivity contribution is 5.89. The molecule has 2 amide bonds. The Morgan fingerprint density at radius 1 is 0.897 bits per heavy atom. The van der Waals surface area contributed by atoms with Crippen LogP contribution in [-0.4, -0.2) is 42.8 Å². The van der Waals surface area contributed by atoms with Gasteiger partial charge >= 0.3 is 12.1 Å². The van der Waals surface area contributed by atoms with E-state index in [1.54, 1.807) is 20.8 Å². The molecule has 0 bridgehead atoms. The molecule has 3 aromatic rings. The lowest BCUT2D eigenvalue weighted by molar-refractivity contribution is -0.151. The Bertz CT molecular complexity index is 1310. The van der Waals surface area contributed by atoms with E-state index in [4.69, 9.17) is 15.2 Å². The number of amides is 2. The summed E-state index contributed by atoms with van der Waals surface area (Å²) in [5.41, 5.74) is 11.3. The molecule has 0 unspecified atom stereocenters. The number of carbonyl (C=O) groups excluding carboxylic acids is 3. The van der Waals surface area contributed by atoms with E-state index < -0.39 is 29.6 Å². The number of ether oxygens (including phenoxy) is 2. The van der Waals surface area contributed by atoms with Crippen molar-refractivity contribution in [1.82, 2.24) is 10.6 Å². The number of hydrogen-bond acceptors (Lipinski definition) is 6. The van der Waals surface area contributed by atoms with Crippen molar-refractivity contribution < 1.29 is 23.9 Å². The summed E-state index contributed by atoms with van der Waals surface area (Å²) in [6, 6.07) is 23.0. The van der Waals surface area contributed by atoms with Gasteiger partial charge in [0.25, 0.3) is 0 Å². The number of benzene rings is 3.